The fourth-order valence-electron chi connectivity index (χ4n) is 2.43. The van der Waals surface area contributed by atoms with Crippen molar-refractivity contribution < 1.29 is 4.74 Å². The van der Waals surface area contributed by atoms with Crippen molar-refractivity contribution in [3.63, 3.8) is 0 Å². The predicted molar refractivity (Wildman–Crippen MR) is 78.8 cm³/mol. The lowest BCUT2D eigenvalue weighted by molar-refractivity contribution is 0.242. The normalized spacial score (nSPS) is 17.7. The van der Waals surface area contributed by atoms with E-state index in [4.69, 9.17) is 4.74 Å². The number of hydrogen-bond donors (Lipinski definition) is 1. The summed E-state index contributed by atoms with van der Waals surface area (Å²) in [6, 6.07) is 4.42. The Hall–Kier alpha value is -1.29. The van der Waals surface area contributed by atoms with E-state index in [2.05, 4.69) is 22.1 Å². The summed E-state index contributed by atoms with van der Waals surface area (Å²) in [6.07, 6.45) is 4.63. The maximum absolute atomic E-state index is 5.76. The fraction of sp³-hybridized carbons (Fsp3) is 0.667. The highest BCUT2D eigenvalue weighted by Crippen LogP contribution is 2.22. The smallest absolute Gasteiger partial charge is 0.168 e. The van der Waals surface area contributed by atoms with E-state index in [1.54, 1.807) is 6.20 Å². The van der Waals surface area contributed by atoms with Crippen LogP contribution in [0.4, 0.5) is 5.82 Å². The van der Waals surface area contributed by atoms with Crippen molar-refractivity contribution in [2.75, 3.05) is 25.0 Å². The van der Waals surface area contributed by atoms with Gasteiger partial charge in [-0.25, -0.2) is 4.98 Å². The molecule has 1 aliphatic rings. The Kier molecular flexibility index (Phi) is 5.02. The molecule has 0 aromatic carbocycles. The van der Waals surface area contributed by atoms with Crippen LogP contribution in [0.25, 0.3) is 0 Å². The minimum atomic E-state index is 0.167. The number of ether oxygens (including phenoxy) is 1. The van der Waals surface area contributed by atoms with E-state index in [0.29, 0.717) is 6.04 Å². The van der Waals surface area contributed by atoms with Crippen LogP contribution >= 0.6 is 0 Å². The highest BCUT2D eigenvalue weighted by atomic mass is 16.5. The maximum atomic E-state index is 5.76. The van der Waals surface area contributed by atoms with Crippen LogP contribution < -0.4 is 10.1 Å². The molecule has 0 radical (unpaired) electrons. The van der Waals surface area contributed by atoms with Gasteiger partial charge in [0, 0.05) is 18.8 Å². The molecule has 1 fully saturated rings. The molecule has 2 heterocycles. The lowest BCUT2D eigenvalue weighted by Gasteiger charge is -2.24. The van der Waals surface area contributed by atoms with E-state index < -0.39 is 0 Å². The number of aromatic nitrogens is 1. The molecule has 0 amide bonds. The Bertz CT molecular complexity index is 389. The van der Waals surface area contributed by atoms with Gasteiger partial charge in [-0.3, -0.25) is 4.90 Å². The molecule has 1 unspecified atom stereocenters. The van der Waals surface area contributed by atoms with Crippen LogP contribution in [0.2, 0.25) is 0 Å². The van der Waals surface area contributed by atoms with Gasteiger partial charge in [-0.05, 0) is 58.8 Å². The lowest BCUT2D eigenvalue weighted by atomic mass is 10.3. The molecule has 106 valence electrons. The Balaban J connectivity index is 1.91. The van der Waals surface area contributed by atoms with Crippen molar-refractivity contribution in [2.45, 2.75) is 45.8 Å². The maximum Gasteiger partial charge on any atom is 0.168 e. The van der Waals surface area contributed by atoms with E-state index in [1.807, 2.05) is 26.0 Å². The summed E-state index contributed by atoms with van der Waals surface area (Å²) < 4.78 is 5.76. The second kappa shape index (κ2) is 6.75. The van der Waals surface area contributed by atoms with Gasteiger partial charge in [0.05, 0.1) is 6.10 Å². The Morgan fingerprint density at radius 1 is 1.32 bits per heavy atom. The van der Waals surface area contributed by atoms with Gasteiger partial charge in [0.15, 0.2) is 11.6 Å². The first-order chi connectivity index (χ1) is 9.16. The SMILES string of the molecule is CC(C)Oc1cccnc1NCC(C)N1CCCC1. The standard InChI is InChI=1S/C15H25N3O/c1-12(2)19-14-7-6-8-16-15(14)17-11-13(3)18-9-4-5-10-18/h6-8,12-13H,4-5,9-11H2,1-3H3,(H,16,17). The molecular weight excluding hydrogens is 238 g/mol. The van der Waals surface area contributed by atoms with Gasteiger partial charge in [-0.2, -0.15) is 0 Å². The highest BCUT2D eigenvalue weighted by molar-refractivity contribution is 5.49. The molecule has 1 N–H and O–H groups in total. The number of likely N-dealkylation sites (tertiary alicyclic amines) is 1. The predicted octanol–water partition coefficient (Wildman–Crippen LogP) is 2.77. The monoisotopic (exact) mass is 263 g/mol. The number of pyridine rings is 1. The van der Waals surface area contributed by atoms with Gasteiger partial charge >= 0.3 is 0 Å². The van der Waals surface area contributed by atoms with Gasteiger partial charge in [0.25, 0.3) is 0 Å². The zero-order valence-corrected chi connectivity index (χ0v) is 12.2. The summed E-state index contributed by atoms with van der Waals surface area (Å²) in [5.74, 6) is 1.69. The summed E-state index contributed by atoms with van der Waals surface area (Å²) in [5, 5.41) is 3.42. The van der Waals surface area contributed by atoms with Gasteiger partial charge in [-0.1, -0.05) is 0 Å². The number of nitrogens with one attached hydrogen (secondary N) is 1. The summed E-state index contributed by atoms with van der Waals surface area (Å²) in [4.78, 5) is 6.90. The molecule has 4 heteroatoms. The van der Waals surface area contributed by atoms with Gasteiger partial charge in [0.2, 0.25) is 0 Å². The third kappa shape index (κ3) is 4.10. The molecular formula is C15H25N3O. The fourth-order valence-corrected chi connectivity index (χ4v) is 2.43. The molecule has 1 aliphatic heterocycles. The molecule has 1 aromatic rings. The minimum Gasteiger partial charge on any atom is -0.487 e. The van der Waals surface area contributed by atoms with Crippen molar-refractivity contribution in [1.29, 1.82) is 0 Å². The second-order valence-electron chi connectivity index (χ2n) is 5.49. The first kappa shape index (κ1) is 14.1. The van der Waals surface area contributed by atoms with Gasteiger partial charge in [-0.15, -0.1) is 0 Å². The average molecular weight is 263 g/mol. The van der Waals surface area contributed by atoms with Crippen molar-refractivity contribution >= 4 is 5.82 Å². The summed E-state index contributed by atoms with van der Waals surface area (Å²) >= 11 is 0. The molecule has 1 aromatic heterocycles. The van der Waals surface area contributed by atoms with Crippen LogP contribution in [-0.4, -0.2) is 41.7 Å². The van der Waals surface area contributed by atoms with Crippen molar-refractivity contribution in [1.82, 2.24) is 9.88 Å². The van der Waals surface area contributed by atoms with Crippen LogP contribution in [0, 0.1) is 0 Å². The lowest BCUT2D eigenvalue weighted by Crippen LogP contribution is -2.35. The second-order valence-corrected chi connectivity index (χ2v) is 5.49. The molecule has 19 heavy (non-hydrogen) atoms. The molecule has 0 saturated carbocycles. The molecule has 0 spiro atoms. The largest absolute Gasteiger partial charge is 0.487 e. The minimum absolute atomic E-state index is 0.167. The number of anilines is 1. The number of rotatable bonds is 6. The van der Waals surface area contributed by atoms with E-state index in [0.717, 1.165) is 18.1 Å². The Morgan fingerprint density at radius 2 is 2.05 bits per heavy atom. The third-order valence-electron chi connectivity index (χ3n) is 3.46. The highest BCUT2D eigenvalue weighted by Gasteiger charge is 2.18. The van der Waals surface area contributed by atoms with Crippen LogP contribution in [0.5, 0.6) is 5.75 Å². The van der Waals surface area contributed by atoms with Crippen LogP contribution in [0.3, 0.4) is 0 Å². The van der Waals surface area contributed by atoms with Crippen LogP contribution in [-0.2, 0) is 0 Å². The van der Waals surface area contributed by atoms with Gasteiger partial charge in [0.1, 0.15) is 0 Å². The van der Waals surface area contributed by atoms with E-state index in [9.17, 15) is 0 Å². The van der Waals surface area contributed by atoms with Crippen LogP contribution in [0.15, 0.2) is 18.3 Å². The molecule has 1 atom stereocenters. The molecule has 4 nitrogen and oxygen atoms in total. The van der Waals surface area contributed by atoms with E-state index >= 15 is 0 Å². The topological polar surface area (TPSA) is 37.4 Å². The summed E-state index contributed by atoms with van der Waals surface area (Å²) in [5.41, 5.74) is 0. The first-order valence-electron chi connectivity index (χ1n) is 7.26. The Labute approximate surface area is 116 Å². The summed E-state index contributed by atoms with van der Waals surface area (Å²) in [7, 11) is 0. The zero-order chi connectivity index (χ0) is 13.7. The first-order valence-corrected chi connectivity index (χ1v) is 7.26. The van der Waals surface area contributed by atoms with Crippen molar-refractivity contribution in [3.8, 4) is 5.75 Å². The van der Waals surface area contributed by atoms with E-state index in [-0.39, 0.29) is 6.10 Å². The Morgan fingerprint density at radius 3 is 2.74 bits per heavy atom. The number of nitrogens with zero attached hydrogens (tertiary/aromatic N) is 2. The average Bonchev–Trinajstić information content (AvgIpc) is 2.90. The van der Waals surface area contributed by atoms with Gasteiger partial charge < -0.3 is 10.1 Å². The van der Waals surface area contributed by atoms with Crippen molar-refractivity contribution in [3.05, 3.63) is 18.3 Å². The zero-order valence-electron chi connectivity index (χ0n) is 12.2. The third-order valence-corrected chi connectivity index (χ3v) is 3.46. The quantitative estimate of drug-likeness (QED) is 0.856. The van der Waals surface area contributed by atoms with Crippen molar-refractivity contribution in [2.24, 2.45) is 0 Å². The summed E-state index contributed by atoms with van der Waals surface area (Å²) in [6.45, 7) is 9.68. The van der Waals surface area contributed by atoms with Crippen LogP contribution in [0.1, 0.15) is 33.6 Å². The molecule has 1 saturated heterocycles. The molecule has 0 aliphatic carbocycles. The number of hydrogen-bond acceptors (Lipinski definition) is 4. The molecule has 2 rings (SSSR count). The molecule has 0 bridgehead atoms. The van der Waals surface area contributed by atoms with E-state index in [1.165, 1.54) is 25.9 Å².